The summed E-state index contributed by atoms with van der Waals surface area (Å²) in [6, 6.07) is 19.5. The quantitative estimate of drug-likeness (QED) is 0.318. The predicted octanol–water partition coefficient (Wildman–Crippen LogP) is 5.79. The second-order valence-electron chi connectivity index (χ2n) is 8.23. The highest BCUT2D eigenvalue weighted by molar-refractivity contribution is 8.18. The van der Waals surface area contributed by atoms with Crippen LogP contribution in [0.25, 0.3) is 6.08 Å². The van der Waals surface area contributed by atoms with Crippen molar-refractivity contribution in [1.29, 1.82) is 0 Å². The van der Waals surface area contributed by atoms with Gasteiger partial charge in [-0.05, 0) is 66.7 Å². The third kappa shape index (κ3) is 6.87. The molecule has 1 N–H and O–H groups in total. The Bertz CT molecular complexity index is 1380. The molecule has 1 heterocycles. The first-order valence-electron chi connectivity index (χ1n) is 11.6. The van der Waals surface area contributed by atoms with Crippen LogP contribution in [0.5, 0.6) is 17.2 Å². The van der Waals surface area contributed by atoms with E-state index in [1.807, 2.05) is 31.2 Å². The number of rotatable bonds is 10. The third-order valence-electron chi connectivity index (χ3n) is 5.46. The number of imide groups is 1. The largest absolute Gasteiger partial charge is 0.493 e. The first-order chi connectivity index (χ1) is 18.3. The van der Waals surface area contributed by atoms with E-state index >= 15 is 0 Å². The molecular formula is C28H25ClN2O6S. The van der Waals surface area contributed by atoms with Gasteiger partial charge in [0, 0.05) is 5.69 Å². The number of halogens is 1. The van der Waals surface area contributed by atoms with Crippen LogP contribution in [0.2, 0.25) is 5.02 Å². The fraction of sp³-hybridized carbons (Fsp3) is 0.179. The maximum absolute atomic E-state index is 12.8. The number of carbonyl (C=O) groups excluding carboxylic acids is 3. The van der Waals surface area contributed by atoms with E-state index in [1.165, 1.54) is 7.11 Å². The Kier molecular flexibility index (Phi) is 8.93. The molecular weight excluding hydrogens is 528 g/mol. The van der Waals surface area contributed by atoms with Crippen molar-refractivity contribution in [2.45, 2.75) is 6.92 Å². The fourth-order valence-corrected chi connectivity index (χ4v) is 4.58. The minimum absolute atomic E-state index is 0.0913. The molecule has 0 aromatic heterocycles. The summed E-state index contributed by atoms with van der Waals surface area (Å²) in [7, 11) is 1.48. The Hall–Kier alpha value is -3.95. The molecule has 0 bridgehead atoms. The molecule has 0 unspecified atom stereocenters. The smallest absolute Gasteiger partial charge is 0.293 e. The van der Waals surface area contributed by atoms with E-state index in [0.717, 1.165) is 22.2 Å². The summed E-state index contributed by atoms with van der Waals surface area (Å²) in [6.07, 6.45) is 1.61. The number of aryl methyl sites for hydroxylation is 1. The highest BCUT2D eigenvalue weighted by atomic mass is 35.5. The molecule has 3 aromatic rings. The summed E-state index contributed by atoms with van der Waals surface area (Å²) in [6.45, 7) is 1.97. The zero-order chi connectivity index (χ0) is 27.1. The van der Waals surface area contributed by atoms with Gasteiger partial charge in [0.1, 0.15) is 12.4 Å². The molecule has 0 radical (unpaired) electrons. The number of hydrogen-bond donors (Lipinski definition) is 1. The number of ether oxygens (including phenoxy) is 3. The monoisotopic (exact) mass is 552 g/mol. The van der Waals surface area contributed by atoms with Gasteiger partial charge in [-0.15, -0.1) is 0 Å². The predicted molar refractivity (Wildman–Crippen MR) is 148 cm³/mol. The molecule has 8 nitrogen and oxygen atoms in total. The lowest BCUT2D eigenvalue weighted by molar-refractivity contribution is -0.123. The van der Waals surface area contributed by atoms with Gasteiger partial charge in [0.05, 0.1) is 23.6 Å². The van der Waals surface area contributed by atoms with E-state index in [9.17, 15) is 14.4 Å². The van der Waals surface area contributed by atoms with Gasteiger partial charge in [0.25, 0.3) is 17.1 Å². The summed E-state index contributed by atoms with van der Waals surface area (Å²) < 4.78 is 16.6. The number of anilines is 1. The molecule has 1 saturated heterocycles. The van der Waals surface area contributed by atoms with Crippen molar-refractivity contribution in [2.75, 3.05) is 32.2 Å². The average molecular weight is 553 g/mol. The van der Waals surface area contributed by atoms with Gasteiger partial charge in [-0.3, -0.25) is 19.3 Å². The number of benzene rings is 3. The molecule has 38 heavy (non-hydrogen) atoms. The first kappa shape index (κ1) is 27.1. The molecule has 1 aliphatic heterocycles. The van der Waals surface area contributed by atoms with Crippen molar-refractivity contribution in [3.8, 4) is 17.2 Å². The molecule has 0 atom stereocenters. The van der Waals surface area contributed by atoms with E-state index in [1.54, 1.807) is 48.5 Å². The first-order valence-corrected chi connectivity index (χ1v) is 12.8. The highest BCUT2D eigenvalue weighted by Crippen LogP contribution is 2.34. The molecule has 0 aliphatic carbocycles. The molecule has 4 rings (SSSR count). The molecule has 10 heteroatoms. The van der Waals surface area contributed by atoms with Gasteiger partial charge in [0.15, 0.2) is 18.1 Å². The maximum Gasteiger partial charge on any atom is 0.293 e. The SMILES string of the molecule is COc1cc(/C=C2\SC(=O)N(CCOc3ccccc3Cl)C2=O)ccc1OCC(=O)Nc1ccc(C)cc1. The van der Waals surface area contributed by atoms with Crippen molar-refractivity contribution >= 4 is 52.2 Å². The van der Waals surface area contributed by atoms with Gasteiger partial charge in [-0.1, -0.05) is 47.5 Å². The number of methoxy groups -OCH3 is 1. The Labute approximate surface area is 229 Å². The fourth-order valence-electron chi connectivity index (χ4n) is 3.52. The molecule has 0 saturated carbocycles. The van der Waals surface area contributed by atoms with Crippen LogP contribution >= 0.6 is 23.4 Å². The highest BCUT2D eigenvalue weighted by Gasteiger charge is 2.34. The van der Waals surface area contributed by atoms with Crippen LogP contribution in [0.1, 0.15) is 11.1 Å². The number of carbonyl (C=O) groups is 3. The topological polar surface area (TPSA) is 94.2 Å². The molecule has 0 spiro atoms. The van der Waals surface area contributed by atoms with Crippen LogP contribution in [0.4, 0.5) is 10.5 Å². The summed E-state index contributed by atoms with van der Waals surface area (Å²) in [5, 5.41) is 2.84. The minimum atomic E-state index is -0.408. The van der Waals surface area contributed by atoms with Crippen LogP contribution in [-0.4, -0.2) is 48.8 Å². The van der Waals surface area contributed by atoms with Crippen LogP contribution in [0.15, 0.2) is 71.6 Å². The summed E-state index contributed by atoms with van der Waals surface area (Å²) in [5.74, 6) is 0.517. The van der Waals surface area contributed by atoms with Crippen molar-refractivity contribution in [3.63, 3.8) is 0 Å². The normalized spacial score (nSPS) is 14.1. The second kappa shape index (κ2) is 12.5. The van der Waals surface area contributed by atoms with Crippen LogP contribution < -0.4 is 19.5 Å². The number of nitrogens with zero attached hydrogens (tertiary/aromatic N) is 1. The number of para-hydroxylation sites is 1. The summed E-state index contributed by atoms with van der Waals surface area (Å²) >= 11 is 6.93. The van der Waals surface area contributed by atoms with Gasteiger partial charge in [0.2, 0.25) is 0 Å². The molecule has 1 aliphatic rings. The molecule has 3 aromatic carbocycles. The Morgan fingerprint density at radius 1 is 1.00 bits per heavy atom. The molecule has 196 valence electrons. The Balaban J connectivity index is 1.35. The second-order valence-corrected chi connectivity index (χ2v) is 9.63. The molecule has 3 amide bonds. The van der Waals surface area contributed by atoms with E-state index in [4.69, 9.17) is 25.8 Å². The van der Waals surface area contributed by atoms with E-state index in [-0.39, 0.29) is 35.8 Å². The van der Waals surface area contributed by atoms with Crippen molar-refractivity contribution in [3.05, 3.63) is 87.8 Å². The minimum Gasteiger partial charge on any atom is -0.493 e. The Morgan fingerprint density at radius 2 is 1.76 bits per heavy atom. The van der Waals surface area contributed by atoms with Gasteiger partial charge >= 0.3 is 0 Å². The number of hydrogen-bond acceptors (Lipinski definition) is 7. The lowest BCUT2D eigenvalue weighted by Crippen LogP contribution is -2.32. The standard InChI is InChI=1S/C28H25ClN2O6S/c1-18-7-10-20(11-8-18)30-26(32)17-37-23-12-9-19(15-24(23)35-2)16-25-27(33)31(28(34)38-25)13-14-36-22-6-4-3-5-21(22)29/h3-12,15-16H,13-14,17H2,1-2H3,(H,30,32)/b25-16-. The number of thioether (sulfide) groups is 1. The number of nitrogens with one attached hydrogen (secondary N) is 1. The van der Waals surface area contributed by atoms with E-state index in [0.29, 0.717) is 33.5 Å². The lowest BCUT2D eigenvalue weighted by atomic mass is 10.2. The zero-order valence-electron chi connectivity index (χ0n) is 20.7. The van der Waals surface area contributed by atoms with Crippen LogP contribution in [0.3, 0.4) is 0 Å². The molecule has 1 fully saturated rings. The lowest BCUT2D eigenvalue weighted by Gasteiger charge is -2.14. The van der Waals surface area contributed by atoms with Crippen LogP contribution in [0, 0.1) is 6.92 Å². The van der Waals surface area contributed by atoms with Crippen molar-refractivity contribution in [2.24, 2.45) is 0 Å². The van der Waals surface area contributed by atoms with Crippen LogP contribution in [-0.2, 0) is 9.59 Å². The van der Waals surface area contributed by atoms with E-state index in [2.05, 4.69) is 5.32 Å². The average Bonchev–Trinajstić information content (AvgIpc) is 3.17. The van der Waals surface area contributed by atoms with Gasteiger partial charge < -0.3 is 19.5 Å². The van der Waals surface area contributed by atoms with Gasteiger partial charge in [-0.25, -0.2) is 0 Å². The number of amides is 3. The summed E-state index contributed by atoms with van der Waals surface area (Å²) in [5.41, 5.74) is 2.41. The summed E-state index contributed by atoms with van der Waals surface area (Å²) in [4.78, 5) is 38.9. The zero-order valence-corrected chi connectivity index (χ0v) is 22.3. The van der Waals surface area contributed by atoms with Gasteiger partial charge in [-0.2, -0.15) is 0 Å². The van der Waals surface area contributed by atoms with Crippen molar-refractivity contribution < 1.29 is 28.6 Å². The van der Waals surface area contributed by atoms with E-state index < -0.39 is 5.91 Å². The van der Waals surface area contributed by atoms with Crippen molar-refractivity contribution in [1.82, 2.24) is 4.90 Å². The maximum atomic E-state index is 12.8. The Morgan fingerprint density at radius 3 is 2.50 bits per heavy atom. The third-order valence-corrected chi connectivity index (χ3v) is 6.68.